The van der Waals surface area contributed by atoms with Gasteiger partial charge in [0.25, 0.3) is 0 Å². The van der Waals surface area contributed by atoms with E-state index in [4.69, 9.17) is 10.2 Å². The minimum atomic E-state index is -1.42. The van der Waals surface area contributed by atoms with Crippen molar-refractivity contribution in [2.24, 2.45) is 5.92 Å². The fraction of sp³-hybridized carbons (Fsp3) is 0.750. The van der Waals surface area contributed by atoms with Gasteiger partial charge in [0.2, 0.25) is 0 Å². The number of aliphatic carboxylic acids is 2. The van der Waals surface area contributed by atoms with Gasteiger partial charge in [-0.15, -0.1) is 0 Å². The molecule has 7 nitrogen and oxygen atoms in total. The Morgan fingerprint density at radius 1 is 1.00 bits per heavy atom. The third-order valence-corrected chi connectivity index (χ3v) is 2.54. The molecule has 2 amide bonds. The van der Waals surface area contributed by atoms with Crippen molar-refractivity contribution in [3.63, 3.8) is 0 Å². The standard InChI is InChI=1S/C12H22N2O5/c1-7(2)4-5-8(3)13-12(19)14-9(11(17)18)6-10(15)16/h7-9H,4-6H2,1-3H3,(H,15,16)(H,17,18)(H2,13,14,19). The van der Waals surface area contributed by atoms with Gasteiger partial charge in [-0.25, -0.2) is 9.59 Å². The van der Waals surface area contributed by atoms with Crippen molar-refractivity contribution in [2.45, 2.75) is 52.1 Å². The Kier molecular flexibility index (Phi) is 7.55. The first-order valence-corrected chi connectivity index (χ1v) is 6.24. The first-order chi connectivity index (χ1) is 8.72. The Morgan fingerprint density at radius 3 is 2.00 bits per heavy atom. The maximum absolute atomic E-state index is 11.5. The van der Waals surface area contributed by atoms with Crippen LogP contribution < -0.4 is 10.6 Å². The molecule has 0 saturated carbocycles. The second-order valence-electron chi connectivity index (χ2n) is 4.98. The van der Waals surface area contributed by atoms with Crippen LogP contribution in [-0.2, 0) is 9.59 Å². The molecule has 0 spiro atoms. The molecule has 0 saturated heterocycles. The Bertz CT molecular complexity index is 330. The van der Waals surface area contributed by atoms with Gasteiger partial charge in [-0.1, -0.05) is 13.8 Å². The molecule has 0 aromatic rings. The van der Waals surface area contributed by atoms with Crippen LogP contribution in [0.4, 0.5) is 4.79 Å². The van der Waals surface area contributed by atoms with Gasteiger partial charge in [0, 0.05) is 6.04 Å². The van der Waals surface area contributed by atoms with E-state index in [1.807, 2.05) is 6.92 Å². The molecule has 0 rings (SSSR count). The van der Waals surface area contributed by atoms with Crippen LogP contribution in [-0.4, -0.2) is 40.3 Å². The topological polar surface area (TPSA) is 116 Å². The largest absolute Gasteiger partial charge is 0.481 e. The molecule has 4 N–H and O–H groups in total. The summed E-state index contributed by atoms with van der Waals surface area (Å²) in [6.45, 7) is 5.95. The van der Waals surface area contributed by atoms with E-state index in [1.54, 1.807) is 0 Å². The number of hydrogen-bond donors (Lipinski definition) is 4. The van der Waals surface area contributed by atoms with Crippen LogP contribution in [0.15, 0.2) is 0 Å². The zero-order chi connectivity index (χ0) is 15.0. The lowest BCUT2D eigenvalue weighted by atomic mass is 10.0. The van der Waals surface area contributed by atoms with Crippen LogP contribution in [0.2, 0.25) is 0 Å². The number of hydrogen-bond acceptors (Lipinski definition) is 3. The van der Waals surface area contributed by atoms with Crippen LogP contribution in [0, 0.1) is 5.92 Å². The minimum absolute atomic E-state index is 0.0957. The number of carboxylic acids is 2. The number of carbonyl (C=O) groups excluding carboxylic acids is 1. The first-order valence-electron chi connectivity index (χ1n) is 6.24. The zero-order valence-corrected chi connectivity index (χ0v) is 11.5. The van der Waals surface area contributed by atoms with Gasteiger partial charge in [-0.3, -0.25) is 4.79 Å². The van der Waals surface area contributed by atoms with Gasteiger partial charge in [-0.2, -0.15) is 0 Å². The van der Waals surface area contributed by atoms with Crippen molar-refractivity contribution < 1.29 is 24.6 Å². The van der Waals surface area contributed by atoms with Crippen LogP contribution in [0.1, 0.15) is 40.0 Å². The third kappa shape index (κ3) is 8.87. The fourth-order valence-electron chi connectivity index (χ4n) is 1.45. The second kappa shape index (κ2) is 8.34. The molecule has 0 fully saturated rings. The number of rotatable bonds is 8. The summed E-state index contributed by atoms with van der Waals surface area (Å²) in [4.78, 5) is 32.7. The van der Waals surface area contributed by atoms with Gasteiger partial charge >= 0.3 is 18.0 Å². The summed E-state index contributed by atoms with van der Waals surface area (Å²) in [6.07, 6.45) is 1.07. The highest BCUT2D eigenvalue weighted by Crippen LogP contribution is 2.06. The molecule has 19 heavy (non-hydrogen) atoms. The molecule has 0 aromatic carbocycles. The first kappa shape index (κ1) is 17.2. The molecule has 2 unspecified atom stereocenters. The van der Waals surface area contributed by atoms with E-state index in [1.165, 1.54) is 0 Å². The molecule has 0 aliphatic rings. The summed E-state index contributed by atoms with van der Waals surface area (Å²) in [5.41, 5.74) is 0. The van der Waals surface area contributed by atoms with Gasteiger partial charge in [-0.05, 0) is 25.7 Å². The van der Waals surface area contributed by atoms with Crippen molar-refractivity contribution in [2.75, 3.05) is 0 Å². The number of carboxylic acid groups (broad SMARTS) is 2. The average molecular weight is 274 g/mol. The van der Waals surface area contributed by atoms with Crippen LogP contribution in [0.5, 0.6) is 0 Å². The molecule has 0 aliphatic carbocycles. The molecule has 0 aliphatic heterocycles. The predicted molar refractivity (Wildman–Crippen MR) is 68.9 cm³/mol. The zero-order valence-electron chi connectivity index (χ0n) is 11.5. The average Bonchev–Trinajstić information content (AvgIpc) is 2.24. The normalized spacial score (nSPS) is 13.7. The van der Waals surface area contributed by atoms with Crippen molar-refractivity contribution in [1.82, 2.24) is 10.6 Å². The Morgan fingerprint density at radius 2 is 1.58 bits per heavy atom. The summed E-state index contributed by atoms with van der Waals surface area (Å²) in [6, 6.07) is -2.18. The number of amides is 2. The molecule has 2 atom stereocenters. The van der Waals surface area contributed by atoms with E-state index >= 15 is 0 Å². The Hall–Kier alpha value is -1.79. The molecule has 0 radical (unpaired) electrons. The molecule has 110 valence electrons. The van der Waals surface area contributed by atoms with Crippen molar-refractivity contribution in [3.8, 4) is 0 Å². The van der Waals surface area contributed by atoms with E-state index in [0.717, 1.165) is 12.8 Å². The van der Waals surface area contributed by atoms with Crippen LogP contribution in [0.25, 0.3) is 0 Å². The molecular weight excluding hydrogens is 252 g/mol. The minimum Gasteiger partial charge on any atom is -0.481 e. The van der Waals surface area contributed by atoms with Gasteiger partial charge in [0.05, 0.1) is 6.42 Å². The van der Waals surface area contributed by atoms with Crippen molar-refractivity contribution >= 4 is 18.0 Å². The predicted octanol–water partition coefficient (Wildman–Crippen LogP) is 1.04. The smallest absolute Gasteiger partial charge is 0.326 e. The van der Waals surface area contributed by atoms with Gasteiger partial charge in [0.1, 0.15) is 6.04 Å². The Labute approximate surface area is 112 Å². The number of nitrogens with one attached hydrogen (secondary N) is 2. The maximum atomic E-state index is 11.5. The highest BCUT2D eigenvalue weighted by Gasteiger charge is 2.23. The lowest BCUT2D eigenvalue weighted by molar-refractivity contribution is -0.145. The van der Waals surface area contributed by atoms with Gasteiger partial charge in [0.15, 0.2) is 0 Å². The summed E-state index contributed by atoms with van der Waals surface area (Å²) < 4.78 is 0. The maximum Gasteiger partial charge on any atom is 0.326 e. The van der Waals surface area contributed by atoms with E-state index in [0.29, 0.717) is 5.92 Å². The molecule has 0 heterocycles. The van der Waals surface area contributed by atoms with E-state index in [2.05, 4.69) is 24.5 Å². The quantitative estimate of drug-likeness (QED) is 0.527. The van der Waals surface area contributed by atoms with Gasteiger partial charge < -0.3 is 20.8 Å². The van der Waals surface area contributed by atoms with E-state index in [9.17, 15) is 14.4 Å². The molecular formula is C12H22N2O5. The lowest BCUT2D eigenvalue weighted by Gasteiger charge is -2.18. The Balaban J connectivity index is 4.18. The second-order valence-corrected chi connectivity index (χ2v) is 4.98. The van der Waals surface area contributed by atoms with Crippen molar-refractivity contribution in [3.05, 3.63) is 0 Å². The highest BCUT2D eigenvalue weighted by molar-refractivity contribution is 5.86. The summed E-state index contributed by atoms with van der Waals surface area (Å²) in [5, 5.41) is 22.0. The summed E-state index contributed by atoms with van der Waals surface area (Å²) >= 11 is 0. The lowest BCUT2D eigenvalue weighted by Crippen LogP contribution is -2.49. The molecule has 7 heteroatoms. The number of carbonyl (C=O) groups is 3. The molecule has 0 bridgehead atoms. The number of urea groups is 1. The monoisotopic (exact) mass is 274 g/mol. The summed E-state index contributed by atoms with van der Waals surface area (Å²) in [7, 11) is 0. The molecule has 0 aromatic heterocycles. The van der Waals surface area contributed by atoms with E-state index in [-0.39, 0.29) is 6.04 Å². The fourth-order valence-corrected chi connectivity index (χ4v) is 1.45. The SMILES string of the molecule is CC(C)CCC(C)NC(=O)NC(CC(=O)O)C(=O)O. The van der Waals surface area contributed by atoms with Crippen molar-refractivity contribution in [1.29, 1.82) is 0 Å². The highest BCUT2D eigenvalue weighted by atomic mass is 16.4. The van der Waals surface area contributed by atoms with Crippen LogP contribution >= 0.6 is 0 Å². The summed E-state index contributed by atoms with van der Waals surface area (Å²) in [5.74, 6) is -2.13. The van der Waals surface area contributed by atoms with Crippen LogP contribution in [0.3, 0.4) is 0 Å². The van der Waals surface area contributed by atoms with E-state index < -0.39 is 30.4 Å². The third-order valence-electron chi connectivity index (χ3n) is 2.54.